The molecular formula is C36H30N2S. The van der Waals surface area contributed by atoms with Gasteiger partial charge in [-0.3, -0.25) is 4.57 Å². The number of para-hydroxylation sites is 2. The highest BCUT2D eigenvalue weighted by molar-refractivity contribution is 7.17. The van der Waals surface area contributed by atoms with E-state index in [1.807, 2.05) is 0 Å². The van der Waals surface area contributed by atoms with E-state index in [-0.39, 0.29) is 0 Å². The van der Waals surface area contributed by atoms with Gasteiger partial charge in [0.05, 0.1) is 11.0 Å². The molecule has 7 rings (SSSR count). The van der Waals surface area contributed by atoms with Crippen molar-refractivity contribution in [2.24, 2.45) is 0 Å². The molecule has 0 radical (unpaired) electrons. The Bertz CT molecular complexity index is 1980. The summed E-state index contributed by atoms with van der Waals surface area (Å²) in [5.74, 6) is 1.51. The maximum absolute atomic E-state index is 5.21. The molecule has 2 aromatic heterocycles. The predicted molar refractivity (Wildman–Crippen MR) is 168 cm³/mol. The van der Waals surface area contributed by atoms with Crippen molar-refractivity contribution in [1.29, 1.82) is 0 Å². The van der Waals surface area contributed by atoms with E-state index < -0.39 is 0 Å². The van der Waals surface area contributed by atoms with Gasteiger partial charge in [-0.15, -0.1) is 11.3 Å². The fourth-order valence-corrected chi connectivity index (χ4v) is 6.89. The lowest BCUT2D eigenvalue weighted by Gasteiger charge is -2.16. The van der Waals surface area contributed by atoms with E-state index in [2.05, 4.69) is 135 Å². The quantitative estimate of drug-likeness (QED) is 0.225. The minimum atomic E-state index is 0.518. The second-order valence-electron chi connectivity index (χ2n) is 10.8. The molecule has 0 saturated heterocycles. The molecule has 0 unspecified atom stereocenters. The number of aromatic nitrogens is 2. The topological polar surface area (TPSA) is 17.8 Å². The second kappa shape index (κ2) is 9.21. The normalized spacial score (nSPS) is 11.8. The Morgan fingerprint density at radius 2 is 1.49 bits per heavy atom. The SMILES string of the molecule is Cc1cc(-n2c(-c3csc4cc5cc(C(C)C)ccc5cc34)nc3ccccc32)cc(C)c1-c1ccccc1. The Morgan fingerprint density at radius 1 is 0.744 bits per heavy atom. The number of fused-ring (bicyclic) bond motifs is 3. The Morgan fingerprint density at radius 3 is 2.26 bits per heavy atom. The van der Waals surface area contributed by atoms with Gasteiger partial charge in [0.15, 0.2) is 0 Å². The maximum atomic E-state index is 5.21. The minimum Gasteiger partial charge on any atom is -0.292 e. The molecule has 0 saturated carbocycles. The zero-order valence-electron chi connectivity index (χ0n) is 22.7. The summed E-state index contributed by atoms with van der Waals surface area (Å²) in [6.45, 7) is 8.94. The van der Waals surface area contributed by atoms with Crippen LogP contribution >= 0.6 is 11.3 Å². The van der Waals surface area contributed by atoms with Crippen molar-refractivity contribution in [3.05, 3.63) is 119 Å². The van der Waals surface area contributed by atoms with Crippen LogP contribution in [0.2, 0.25) is 0 Å². The van der Waals surface area contributed by atoms with Gasteiger partial charge >= 0.3 is 0 Å². The number of rotatable bonds is 4. The van der Waals surface area contributed by atoms with Crippen LogP contribution in [0.5, 0.6) is 0 Å². The van der Waals surface area contributed by atoms with E-state index in [4.69, 9.17) is 4.98 Å². The second-order valence-corrected chi connectivity index (χ2v) is 11.8. The third kappa shape index (κ3) is 3.97. The summed E-state index contributed by atoms with van der Waals surface area (Å²) in [5, 5.41) is 6.12. The van der Waals surface area contributed by atoms with Gasteiger partial charge in [0.1, 0.15) is 5.82 Å². The molecular weight excluding hydrogens is 492 g/mol. The first-order chi connectivity index (χ1) is 19.0. The molecule has 5 aromatic carbocycles. The third-order valence-electron chi connectivity index (χ3n) is 7.86. The molecule has 0 fully saturated rings. The average molecular weight is 523 g/mol. The number of nitrogens with zero attached hydrogens (tertiary/aromatic N) is 2. The van der Waals surface area contributed by atoms with Gasteiger partial charge < -0.3 is 0 Å². The monoisotopic (exact) mass is 522 g/mol. The van der Waals surface area contributed by atoms with Crippen molar-refractivity contribution in [3.63, 3.8) is 0 Å². The molecule has 2 nitrogen and oxygen atoms in total. The van der Waals surface area contributed by atoms with Crippen LogP contribution < -0.4 is 0 Å². The maximum Gasteiger partial charge on any atom is 0.147 e. The molecule has 190 valence electrons. The van der Waals surface area contributed by atoms with Crippen LogP contribution in [0.1, 0.15) is 36.5 Å². The average Bonchev–Trinajstić information content (AvgIpc) is 3.52. The molecule has 0 N–H and O–H groups in total. The minimum absolute atomic E-state index is 0.518. The summed E-state index contributed by atoms with van der Waals surface area (Å²) >= 11 is 1.80. The highest BCUT2D eigenvalue weighted by Crippen LogP contribution is 2.40. The molecule has 0 aliphatic heterocycles. The summed E-state index contributed by atoms with van der Waals surface area (Å²) in [6.07, 6.45) is 0. The Labute approximate surface area is 233 Å². The van der Waals surface area contributed by atoms with Gasteiger partial charge in [-0.1, -0.05) is 74.5 Å². The Kier molecular flexibility index (Phi) is 5.64. The van der Waals surface area contributed by atoms with Crippen molar-refractivity contribution in [1.82, 2.24) is 9.55 Å². The van der Waals surface area contributed by atoms with Gasteiger partial charge in [-0.05, 0) is 94.8 Å². The predicted octanol–water partition coefficient (Wildman–Crippen LogP) is 10.5. The van der Waals surface area contributed by atoms with Crippen LogP contribution in [-0.2, 0) is 0 Å². The van der Waals surface area contributed by atoms with Gasteiger partial charge in [-0.2, -0.15) is 0 Å². The number of benzene rings is 5. The molecule has 2 heterocycles. The fourth-order valence-electron chi connectivity index (χ4n) is 5.92. The molecule has 7 aromatic rings. The highest BCUT2D eigenvalue weighted by Gasteiger charge is 2.19. The van der Waals surface area contributed by atoms with Crippen LogP contribution in [0, 0.1) is 13.8 Å². The van der Waals surface area contributed by atoms with E-state index in [1.54, 1.807) is 11.3 Å². The summed E-state index contributed by atoms with van der Waals surface area (Å²) in [7, 11) is 0. The van der Waals surface area contributed by atoms with E-state index in [1.165, 1.54) is 54.2 Å². The van der Waals surface area contributed by atoms with Crippen molar-refractivity contribution in [2.45, 2.75) is 33.6 Å². The summed E-state index contributed by atoms with van der Waals surface area (Å²) in [5.41, 5.74) is 10.9. The van der Waals surface area contributed by atoms with Crippen LogP contribution in [0.15, 0.2) is 102 Å². The fraction of sp³-hybridized carbons (Fsp3) is 0.139. The van der Waals surface area contributed by atoms with Crippen molar-refractivity contribution in [2.75, 3.05) is 0 Å². The van der Waals surface area contributed by atoms with E-state index in [9.17, 15) is 0 Å². The first kappa shape index (κ1) is 23.9. The molecule has 0 aliphatic carbocycles. The van der Waals surface area contributed by atoms with Crippen molar-refractivity contribution in [3.8, 4) is 28.2 Å². The largest absolute Gasteiger partial charge is 0.292 e. The number of hydrogen-bond donors (Lipinski definition) is 0. The highest BCUT2D eigenvalue weighted by atomic mass is 32.1. The Hall–Kier alpha value is -4.21. The first-order valence-corrected chi connectivity index (χ1v) is 14.5. The Balaban J connectivity index is 1.45. The number of aryl methyl sites for hydroxylation is 2. The molecule has 0 spiro atoms. The molecule has 3 heteroatoms. The van der Waals surface area contributed by atoms with Crippen LogP contribution in [0.4, 0.5) is 0 Å². The van der Waals surface area contributed by atoms with Crippen molar-refractivity contribution < 1.29 is 0 Å². The van der Waals surface area contributed by atoms with E-state index in [0.29, 0.717) is 5.92 Å². The molecule has 0 aliphatic rings. The molecule has 0 amide bonds. The molecule has 0 atom stereocenters. The third-order valence-corrected chi connectivity index (χ3v) is 8.81. The lowest BCUT2D eigenvalue weighted by Crippen LogP contribution is -2.00. The summed E-state index contributed by atoms with van der Waals surface area (Å²) in [4.78, 5) is 5.21. The lowest BCUT2D eigenvalue weighted by molar-refractivity contribution is 0.869. The smallest absolute Gasteiger partial charge is 0.147 e. The number of thiophene rings is 1. The number of hydrogen-bond acceptors (Lipinski definition) is 2. The van der Waals surface area contributed by atoms with Crippen LogP contribution in [0.3, 0.4) is 0 Å². The van der Waals surface area contributed by atoms with Crippen LogP contribution in [-0.4, -0.2) is 9.55 Å². The van der Waals surface area contributed by atoms with Gasteiger partial charge in [0.25, 0.3) is 0 Å². The first-order valence-electron chi connectivity index (χ1n) is 13.6. The van der Waals surface area contributed by atoms with E-state index in [0.717, 1.165) is 22.5 Å². The van der Waals surface area contributed by atoms with E-state index >= 15 is 0 Å². The summed E-state index contributed by atoms with van der Waals surface area (Å²) in [6, 6.07) is 35.3. The standard InChI is InChI=1S/C36H30N2S/c1-22(2)26-14-15-27-19-30-31(21-39-34(30)20-28(27)18-26)36-37-32-12-8-9-13-33(32)38(36)29-16-23(3)35(24(4)17-29)25-10-6-5-7-11-25/h5-22H,1-4H3. The number of imidazole rings is 1. The molecule has 0 bridgehead atoms. The zero-order valence-corrected chi connectivity index (χ0v) is 23.5. The molecule has 39 heavy (non-hydrogen) atoms. The summed E-state index contributed by atoms with van der Waals surface area (Å²) < 4.78 is 3.64. The van der Waals surface area contributed by atoms with Crippen molar-refractivity contribution >= 4 is 43.2 Å². The zero-order chi connectivity index (χ0) is 26.7. The van der Waals surface area contributed by atoms with Gasteiger partial charge in [0.2, 0.25) is 0 Å². The van der Waals surface area contributed by atoms with Crippen LogP contribution in [0.25, 0.3) is 60.1 Å². The lowest BCUT2D eigenvalue weighted by atomic mass is 9.95. The van der Waals surface area contributed by atoms with Gasteiger partial charge in [0, 0.05) is 26.7 Å². The van der Waals surface area contributed by atoms with Gasteiger partial charge in [-0.25, -0.2) is 4.98 Å².